The van der Waals surface area contributed by atoms with Gasteiger partial charge in [-0.05, 0) is 29.2 Å². The maximum absolute atomic E-state index is 11.7. The van der Waals surface area contributed by atoms with Gasteiger partial charge in [-0.2, -0.15) is 4.89 Å². The first-order valence-electron chi connectivity index (χ1n) is 6.53. The van der Waals surface area contributed by atoms with Crippen molar-refractivity contribution in [3.63, 3.8) is 0 Å². The van der Waals surface area contributed by atoms with E-state index in [1.54, 1.807) is 12.1 Å². The topological polar surface area (TPSA) is 35.5 Å². The summed E-state index contributed by atoms with van der Waals surface area (Å²) in [5.41, 5.74) is 2.62. The Morgan fingerprint density at radius 3 is 2.15 bits per heavy atom. The third-order valence-corrected chi connectivity index (χ3v) is 2.68. The van der Waals surface area contributed by atoms with Gasteiger partial charge < -0.3 is 0 Å². The lowest BCUT2D eigenvalue weighted by Crippen LogP contribution is -2.06. The summed E-state index contributed by atoms with van der Waals surface area (Å²) in [6.07, 6.45) is 0. The normalized spacial score (nSPS) is 10.6. The van der Waals surface area contributed by atoms with Crippen LogP contribution in [0.3, 0.4) is 0 Å². The van der Waals surface area contributed by atoms with Crippen LogP contribution in [0.25, 0.3) is 11.1 Å². The third-order valence-electron chi connectivity index (χ3n) is 2.68. The highest BCUT2D eigenvalue weighted by molar-refractivity contribution is 5.89. The predicted octanol–water partition coefficient (Wildman–Crippen LogP) is 4.26. The zero-order valence-corrected chi connectivity index (χ0v) is 11.6. The van der Waals surface area contributed by atoms with Crippen molar-refractivity contribution in [1.82, 2.24) is 0 Å². The maximum Gasteiger partial charge on any atom is 0.373 e. The molecule has 103 valence electrons. The van der Waals surface area contributed by atoms with E-state index in [2.05, 4.69) is 4.89 Å². The summed E-state index contributed by atoms with van der Waals surface area (Å²) < 4.78 is 0. The Labute approximate surface area is 119 Å². The van der Waals surface area contributed by atoms with E-state index in [1.807, 2.05) is 56.3 Å². The summed E-state index contributed by atoms with van der Waals surface area (Å²) in [4.78, 5) is 21.1. The van der Waals surface area contributed by atoms with E-state index < -0.39 is 5.97 Å². The summed E-state index contributed by atoms with van der Waals surface area (Å²) in [6.45, 7) is 5.33. The summed E-state index contributed by atoms with van der Waals surface area (Å²) in [5, 5.41) is 0. The summed E-state index contributed by atoms with van der Waals surface area (Å²) >= 11 is 0. The zero-order valence-electron chi connectivity index (χ0n) is 11.6. The molecule has 0 aliphatic heterocycles. The number of rotatable bonds is 5. The molecule has 0 aliphatic carbocycles. The van der Waals surface area contributed by atoms with Gasteiger partial charge in [-0.25, -0.2) is 4.79 Å². The molecule has 0 fully saturated rings. The van der Waals surface area contributed by atoms with Crippen LogP contribution < -0.4 is 0 Å². The number of hydrogen-bond donors (Lipinski definition) is 0. The highest BCUT2D eigenvalue weighted by Crippen LogP contribution is 2.19. The smallest absolute Gasteiger partial charge is 0.292 e. The zero-order chi connectivity index (χ0) is 14.4. The Kier molecular flexibility index (Phi) is 4.91. The Morgan fingerprint density at radius 2 is 1.55 bits per heavy atom. The Hall–Kier alpha value is -2.13. The first-order valence-corrected chi connectivity index (χ1v) is 6.53. The molecule has 0 unspecified atom stereocenters. The van der Waals surface area contributed by atoms with Gasteiger partial charge >= 0.3 is 5.97 Å². The lowest BCUT2D eigenvalue weighted by atomic mass is 10.0. The van der Waals surface area contributed by atoms with Crippen LogP contribution in [0.15, 0.2) is 54.6 Å². The average Bonchev–Trinajstić information content (AvgIpc) is 2.48. The van der Waals surface area contributed by atoms with E-state index in [9.17, 15) is 4.79 Å². The largest absolute Gasteiger partial charge is 0.373 e. The number of carbonyl (C=O) groups is 1. The van der Waals surface area contributed by atoms with Gasteiger partial charge in [0.1, 0.15) is 6.61 Å². The minimum Gasteiger partial charge on any atom is -0.292 e. The highest BCUT2D eigenvalue weighted by Gasteiger charge is 2.09. The Bertz CT molecular complexity index is 544. The van der Waals surface area contributed by atoms with Crippen molar-refractivity contribution in [3.8, 4) is 11.1 Å². The van der Waals surface area contributed by atoms with Crippen LogP contribution in [0.5, 0.6) is 0 Å². The fraction of sp³-hybridized carbons (Fsp3) is 0.176. The fourth-order valence-corrected chi connectivity index (χ4v) is 1.66. The van der Waals surface area contributed by atoms with Crippen LogP contribution in [0.2, 0.25) is 0 Å². The molecule has 0 aliphatic rings. The van der Waals surface area contributed by atoms with Crippen LogP contribution in [-0.2, 0) is 9.78 Å². The summed E-state index contributed by atoms with van der Waals surface area (Å²) in [7, 11) is 0. The standard InChI is InChI=1S/C17H17O3/c1-13(2)12-19-20-17(18)16-10-8-15(9-11-16)14-6-4-3-5-7-14/h3-13H,1-2H3. The second-order valence-corrected chi connectivity index (χ2v) is 4.79. The van der Waals surface area contributed by atoms with Gasteiger partial charge in [0.2, 0.25) is 0 Å². The molecule has 0 aromatic heterocycles. The molecule has 3 heteroatoms. The van der Waals surface area contributed by atoms with Gasteiger partial charge in [0, 0.05) is 0 Å². The van der Waals surface area contributed by atoms with Crippen molar-refractivity contribution >= 4 is 5.97 Å². The lowest BCUT2D eigenvalue weighted by Gasteiger charge is -2.06. The quantitative estimate of drug-likeness (QED) is 0.601. The van der Waals surface area contributed by atoms with Crippen molar-refractivity contribution < 1.29 is 14.6 Å². The van der Waals surface area contributed by atoms with Crippen molar-refractivity contribution in [1.29, 1.82) is 0 Å². The Morgan fingerprint density at radius 1 is 0.950 bits per heavy atom. The van der Waals surface area contributed by atoms with E-state index in [1.165, 1.54) is 6.61 Å². The van der Waals surface area contributed by atoms with Gasteiger partial charge in [-0.1, -0.05) is 56.3 Å². The molecular formula is C17H17O3. The SMILES string of the molecule is CC(C)[CH]OOC(=O)c1ccc(-c2ccccc2)cc1. The molecule has 2 aromatic rings. The second-order valence-electron chi connectivity index (χ2n) is 4.79. The lowest BCUT2D eigenvalue weighted by molar-refractivity contribution is -0.217. The molecule has 0 spiro atoms. The van der Waals surface area contributed by atoms with E-state index in [4.69, 9.17) is 4.89 Å². The van der Waals surface area contributed by atoms with E-state index >= 15 is 0 Å². The average molecular weight is 269 g/mol. The summed E-state index contributed by atoms with van der Waals surface area (Å²) in [6, 6.07) is 17.2. The van der Waals surface area contributed by atoms with Crippen molar-refractivity contribution in [2.45, 2.75) is 13.8 Å². The number of hydrogen-bond acceptors (Lipinski definition) is 3. The predicted molar refractivity (Wildman–Crippen MR) is 77.5 cm³/mol. The van der Waals surface area contributed by atoms with E-state index in [0.717, 1.165) is 11.1 Å². The van der Waals surface area contributed by atoms with Crippen molar-refractivity contribution in [2.24, 2.45) is 5.92 Å². The molecule has 0 heterocycles. The van der Waals surface area contributed by atoms with E-state index in [-0.39, 0.29) is 5.92 Å². The molecule has 1 radical (unpaired) electrons. The number of carbonyl (C=O) groups excluding carboxylic acids is 1. The molecule has 0 saturated heterocycles. The van der Waals surface area contributed by atoms with Crippen LogP contribution in [0.4, 0.5) is 0 Å². The molecule has 0 amide bonds. The minimum absolute atomic E-state index is 0.197. The van der Waals surface area contributed by atoms with Crippen molar-refractivity contribution in [2.75, 3.05) is 0 Å². The summed E-state index contributed by atoms with van der Waals surface area (Å²) in [5.74, 6) is -0.301. The molecule has 0 saturated carbocycles. The molecule has 3 nitrogen and oxygen atoms in total. The van der Waals surface area contributed by atoms with Gasteiger partial charge in [-0.15, -0.1) is 0 Å². The first kappa shape index (κ1) is 14.3. The van der Waals surface area contributed by atoms with E-state index in [0.29, 0.717) is 5.56 Å². The monoisotopic (exact) mass is 269 g/mol. The van der Waals surface area contributed by atoms with Gasteiger partial charge in [0.15, 0.2) is 0 Å². The molecule has 0 bridgehead atoms. The highest BCUT2D eigenvalue weighted by atomic mass is 17.2. The number of benzene rings is 2. The maximum atomic E-state index is 11.7. The van der Waals surface area contributed by atoms with Gasteiger partial charge in [0.05, 0.1) is 5.56 Å². The first-order chi connectivity index (χ1) is 9.66. The fourth-order valence-electron chi connectivity index (χ4n) is 1.66. The van der Waals surface area contributed by atoms with Crippen LogP contribution in [0, 0.1) is 12.5 Å². The molecule has 0 atom stereocenters. The van der Waals surface area contributed by atoms with Gasteiger partial charge in [0.25, 0.3) is 0 Å². The third kappa shape index (κ3) is 3.93. The molecular weight excluding hydrogens is 252 g/mol. The molecule has 20 heavy (non-hydrogen) atoms. The van der Waals surface area contributed by atoms with Gasteiger partial charge in [-0.3, -0.25) is 4.89 Å². The van der Waals surface area contributed by atoms with Crippen LogP contribution >= 0.6 is 0 Å². The minimum atomic E-state index is -0.499. The second kappa shape index (κ2) is 6.87. The molecule has 0 N–H and O–H groups in total. The van der Waals surface area contributed by atoms with Crippen molar-refractivity contribution in [3.05, 3.63) is 66.8 Å². The molecule has 2 rings (SSSR count). The van der Waals surface area contributed by atoms with Crippen LogP contribution in [-0.4, -0.2) is 5.97 Å². The molecule has 2 aromatic carbocycles. The van der Waals surface area contributed by atoms with Crippen LogP contribution in [0.1, 0.15) is 24.2 Å². The Balaban J connectivity index is 1.99.